The molecule has 0 amide bonds. The van der Waals surface area contributed by atoms with Crippen LogP contribution in [-0.2, 0) is 30.7 Å². The SMILES string of the molecule is O=CO.O=CO.[Pt]. The minimum atomic E-state index is -0.250. The van der Waals surface area contributed by atoms with Crippen molar-refractivity contribution in [3.8, 4) is 0 Å². The molecular weight excluding hydrogens is 283 g/mol. The molecule has 0 heterocycles. The summed E-state index contributed by atoms with van der Waals surface area (Å²) in [6.07, 6.45) is 0. The molecule has 0 aromatic carbocycles. The maximum absolute atomic E-state index is 8.36. The van der Waals surface area contributed by atoms with Crippen molar-refractivity contribution >= 4 is 12.9 Å². The normalized spacial score (nSPS) is 3.43. The Morgan fingerprint density at radius 3 is 1.00 bits per heavy atom. The molecule has 0 radical (unpaired) electrons. The monoisotopic (exact) mass is 287 g/mol. The predicted octanol–water partition coefficient (Wildman–Crippen LogP) is -0.601. The zero-order valence-corrected chi connectivity index (χ0v) is 5.45. The van der Waals surface area contributed by atoms with Crippen LogP contribution in [0.2, 0.25) is 0 Å². The molecule has 4 nitrogen and oxygen atoms in total. The Balaban J connectivity index is -0.0000000400. The van der Waals surface area contributed by atoms with Crippen LogP contribution in [0.3, 0.4) is 0 Å². The van der Waals surface area contributed by atoms with E-state index in [-0.39, 0.29) is 34.0 Å². The zero-order valence-electron chi connectivity index (χ0n) is 3.18. The van der Waals surface area contributed by atoms with E-state index in [4.69, 9.17) is 19.8 Å². The fourth-order valence-electron chi connectivity index (χ4n) is 0. The average Bonchev–Trinajstić information content (AvgIpc) is 1.39. The fourth-order valence-corrected chi connectivity index (χ4v) is 0. The van der Waals surface area contributed by atoms with Gasteiger partial charge in [-0.3, -0.25) is 9.59 Å². The van der Waals surface area contributed by atoms with Crippen LogP contribution in [0.4, 0.5) is 0 Å². The molecule has 0 aromatic heterocycles. The summed E-state index contributed by atoms with van der Waals surface area (Å²) in [5.74, 6) is 0. The van der Waals surface area contributed by atoms with Crippen LogP contribution in [0, 0.1) is 0 Å². The molecule has 0 aliphatic rings. The Morgan fingerprint density at radius 1 is 1.00 bits per heavy atom. The van der Waals surface area contributed by atoms with Gasteiger partial charge >= 0.3 is 0 Å². The third-order valence-corrected chi connectivity index (χ3v) is 0. The molecule has 46 valence electrons. The van der Waals surface area contributed by atoms with Crippen LogP contribution in [0.1, 0.15) is 0 Å². The molecule has 0 aliphatic heterocycles. The van der Waals surface area contributed by atoms with E-state index in [9.17, 15) is 0 Å². The van der Waals surface area contributed by atoms with Gasteiger partial charge in [0.1, 0.15) is 0 Å². The van der Waals surface area contributed by atoms with Gasteiger partial charge in [0, 0.05) is 21.1 Å². The summed E-state index contributed by atoms with van der Waals surface area (Å²) >= 11 is 0. The molecule has 2 N–H and O–H groups in total. The number of carbonyl (C=O) groups is 2. The van der Waals surface area contributed by atoms with E-state index in [0.29, 0.717) is 0 Å². The minimum absolute atomic E-state index is 0. The van der Waals surface area contributed by atoms with Gasteiger partial charge in [0.25, 0.3) is 12.9 Å². The summed E-state index contributed by atoms with van der Waals surface area (Å²) in [5, 5.41) is 13.8. The first-order chi connectivity index (χ1) is 2.83. The van der Waals surface area contributed by atoms with Crippen LogP contribution < -0.4 is 0 Å². The van der Waals surface area contributed by atoms with Gasteiger partial charge in [0.15, 0.2) is 0 Å². The summed E-state index contributed by atoms with van der Waals surface area (Å²) in [4.78, 5) is 16.7. The van der Waals surface area contributed by atoms with Gasteiger partial charge in [-0.15, -0.1) is 0 Å². The second-order valence-electron chi connectivity index (χ2n) is 0.211. The maximum Gasteiger partial charge on any atom is 0.290 e. The van der Waals surface area contributed by atoms with Crippen molar-refractivity contribution in [3.63, 3.8) is 0 Å². The molecule has 0 aliphatic carbocycles. The molecule has 0 saturated carbocycles. The Bertz CT molecular complexity index is 30.7. The van der Waals surface area contributed by atoms with Gasteiger partial charge in [-0.1, -0.05) is 0 Å². The van der Waals surface area contributed by atoms with Crippen LogP contribution in [0.5, 0.6) is 0 Å². The minimum Gasteiger partial charge on any atom is -0.483 e. The number of hydrogen-bond acceptors (Lipinski definition) is 2. The molecule has 0 spiro atoms. The topological polar surface area (TPSA) is 74.6 Å². The van der Waals surface area contributed by atoms with Crippen molar-refractivity contribution < 1.29 is 40.9 Å². The first-order valence-electron chi connectivity index (χ1n) is 0.988. The first kappa shape index (κ1) is 15.9. The van der Waals surface area contributed by atoms with Gasteiger partial charge < -0.3 is 10.2 Å². The van der Waals surface area contributed by atoms with Gasteiger partial charge in [-0.05, 0) is 0 Å². The van der Waals surface area contributed by atoms with E-state index in [2.05, 4.69) is 0 Å². The third-order valence-electron chi connectivity index (χ3n) is 0. The van der Waals surface area contributed by atoms with E-state index in [1.807, 2.05) is 0 Å². The van der Waals surface area contributed by atoms with Crippen molar-refractivity contribution in [1.29, 1.82) is 0 Å². The fraction of sp³-hybridized carbons (Fsp3) is 0. The molecule has 0 aromatic rings. The van der Waals surface area contributed by atoms with Crippen LogP contribution in [-0.4, -0.2) is 23.2 Å². The van der Waals surface area contributed by atoms with E-state index >= 15 is 0 Å². The molecule has 0 fully saturated rings. The van der Waals surface area contributed by atoms with E-state index < -0.39 is 0 Å². The summed E-state index contributed by atoms with van der Waals surface area (Å²) in [6, 6.07) is 0. The smallest absolute Gasteiger partial charge is 0.290 e. The molecule has 0 unspecified atom stereocenters. The molecule has 0 bridgehead atoms. The van der Waals surface area contributed by atoms with Crippen molar-refractivity contribution in [2.24, 2.45) is 0 Å². The molecule has 0 rings (SSSR count). The van der Waals surface area contributed by atoms with E-state index in [1.54, 1.807) is 0 Å². The Kier molecular flexibility index (Phi) is 104. The Morgan fingerprint density at radius 2 is 1.00 bits per heavy atom. The zero-order chi connectivity index (χ0) is 5.41. The molecule has 5 heteroatoms. The van der Waals surface area contributed by atoms with Crippen LogP contribution >= 0.6 is 0 Å². The number of rotatable bonds is 0. The number of hydrogen-bond donors (Lipinski definition) is 2. The molecular formula is C2H4O4Pt. The van der Waals surface area contributed by atoms with Gasteiger partial charge in [-0.25, -0.2) is 0 Å². The van der Waals surface area contributed by atoms with Crippen molar-refractivity contribution in [1.82, 2.24) is 0 Å². The first-order valence-corrected chi connectivity index (χ1v) is 0.988. The van der Waals surface area contributed by atoms with Crippen molar-refractivity contribution in [2.75, 3.05) is 0 Å². The summed E-state index contributed by atoms with van der Waals surface area (Å²) in [5.41, 5.74) is 0. The summed E-state index contributed by atoms with van der Waals surface area (Å²) in [6.45, 7) is -0.500. The van der Waals surface area contributed by atoms with Crippen LogP contribution in [0.15, 0.2) is 0 Å². The molecule has 7 heavy (non-hydrogen) atoms. The van der Waals surface area contributed by atoms with E-state index in [1.165, 1.54) is 0 Å². The Labute approximate surface area is 54.4 Å². The summed E-state index contributed by atoms with van der Waals surface area (Å²) < 4.78 is 0. The Hall–Kier alpha value is -0.372. The number of carboxylic acid groups (broad SMARTS) is 2. The summed E-state index contributed by atoms with van der Waals surface area (Å²) in [7, 11) is 0. The van der Waals surface area contributed by atoms with Gasteiger partial charge in [0.05, 0.1) is 0 Å². The second kappa shape index (κ2) is 45.5. The third kappa shape index (κ3) is 536. The molecule has 0 saturated heterocycles. The van der Waals surface area contributed by atoms with E-state index in [0.717, 1.165) is 0 Å². The predicted molar refractivity (Wildman–Crippen MR) is 17.4 cm³/mol. The van der Waals surface area contributed by atoms with Crippen molar-refractivity contribution in [3.05, 3.63) is 0 Å². The average molecular weight is 287 g/mol. The quantitative estimate of drug-likeness (QED) is 0.583. The molecule has 0 atom stereocenters. The van der Waals surface area contributed by atoms with Crippen LogP contribution in [0.25, 0.3) is 0 Å². The van der Waals surface area contributed by atoms with Gasteiger partial charge in [-0.2, -0.15) is 0 Å². The maximum atomic E-state index is 8.36. The van der Waals surface area contributed by atoms with Crippen molar-refractivity contribution in [2.45, 2.75) is 0 Å². The van der Waals surface area contributed by atoms with Gasteiger partial charge in [0.2, 0.25) is 0 Å². The standard InChI is InChI=1S/2CH2O2.Pt/c2*2-1-3;/h2*1H,(H,2,3);. The second-order valence-corrected chi connectivity index (χ2v) is 0.211. The largest absolute Gasteiger partial charge is 0.483 e.